The number of rotatable bonds is 5. The standard InChI is InChI=1S/C11H14Cl2N4/c1-8(2)7-17(5-3-4-14)10-9(12)6-15-11(13)16-10/h6,8H,3,5,7H2,1-2H3. The van der Waals surface area contributed by atoms with Crippen molar-refractivity contribution >= 4 is 29.0 Å². The molecule has 0 aliphatic rings. The molecule has 1 heterocycles. The van der Waals surface area contributed by atoms with Crippen LogP contribution in [0.5, 0.6) is 0 Å². The molecule has 0 aromatic carbocycles. The van der Waals surface area contributed by atoms with Crippen molar-refractivity contribution in [3.8, 4) is 6.07 Å². The lowest BCUT2D eigenvalue weighted by molar-refractivity contribution is 0.607. The second kappa shape index (κ2) is 6.63. The summed E-state index contributed by atoms with van der Waals surface area (Å²) < 4.78 is 0. The van der Waals surface area contributed by atoms with Crippen molar-refractivity contribution in [3.63, 3.8) is 0 Å². The molecule has 1 aromatic rings. The second-order valence-corrected chi connectivity index (χ2v) is 4.80. The van der Waals surface area contributed by atoms with Crippen LogP contribution in [0.4, 0.5) is 5.82 Å². The molecule has 4 nitrogen and oxygen atoms in total. The van der Waals surface area contributed by atoms with Crippen LogP contribution in [0.2, 0.25) is 10.3 Å². The summed E-state index contributed by atoms with van der Waals surface area (Å²) in [4.78, 5) is 9.89. The average molecular weight is 273 g/mol. The maximum Gasteiger partial charge on any atom is 0.224 e. The molecule has 1 rings (SSSR count). The van der Waals surface area contributed by atoms with Gasteiger partial charge in [0.05, 0.1) is 18.7 Å². The highest BCUT2D eigenvalue weighted by atomic mass is 35.5. The Balaban J connectivity index is 2.94. The highest BCUT2D eigenvalue weighted by Gasteiger charge is 2.14. The zero-order valence-electron chi connectivity index (χ0n) is 9.82. The second-order valence-electron chi connectivity index (χ2n) is 4.06. The summed E-state index contributed by atoms with van der Waals surface area (Å²) in [6.07, 6.45) is 1.90. The Morgan fingerprint density at radius 3 is 2.76 bits per heavy atom. The molecule has 0 radical (unpaired) electrons. The number of nitriles is 1. The molecule has 0 atom stereocenters. The van der Waals surface area contributed by atoms with E-state index in [1.165, 1.54) is 6.20 Å². The number of nitrogens with zero attached hydrogens (tertiary/aromatic N) is 4. The van der Waals surface area contributed by atoms with E-state index in [9.17, 15) is 0 Å². The molecule has 0 bridgehead atoms. The third-order valence-corrected chi connectivity index (χ3v) is 2.52. The minimum absolute atomic E-state index is 0.162. The Kier molecular flexibility index (Phi) is 5.46. The molecule has 0 saturated heterocycles. The van der Waals surface area contributed by atoms with Gasteiger partial charge < -0.3 is 4.90 Å². The van der Waals surface area contributed by atoms with E-state index in [0.29, 0.717) is 29.7 Å². The Morgan fingerprint density at radius 1 is 1.47 bits per heavy atom. The Bertz CT molecular complexity index is 414. The lowest BCUT2D eigenvalue weighted by atomic mass is 10.2. The molecule has 0 unspecified atom stereocenters. The first-order chi connectivity index (χ1) is 8.04. The van der Waals surface area contributed by atoms with Crippen LogP contribution in [-0.2, 0) is 0 Å². The summed E-state index contributed by atoms with van der Waals surface area (Å²) in [7, 11) is 0. The van der Waals surface area contributed by atoms with E-state index >= 15 is 0 Å². The van der Waals surface area contributed by atoms with Gasteiger partial charge in [0.2, 0.25) is 5.28 Å². The van der Waals surface area contributed by atoms with Gasteiger partial charge in [-0.15, -0.1) is 0 Å². The topological polar surface area (TPSA) is 52.8 Å². The van der Waals surface area contributed by atoms with Crippen LogP contribution in [0.25, 0.3) is 0 Å². The Hall–Kier alpha value is -1.05. The highest BCUT2D eigenvalue weighted by Crippen LogP contribution is 2.24. The number of aromatic nitrogens is 2. The van der Waals surface area contributed by atoms with Crippen LogP contribution in [0, 0.1) is 17.2 Å². The van der Waals surface area contributed by atoms with Crippen LogP contribution in [0.3, 0.4) is 0 Å². The van der Waals surface area contributed by atoms with Crippen LogP contribution < -0.4 is 4.90 Å². The van der Waals surface area contributed by atoms with Crippen molar-refractivity contribution in [2.75, 3.05) is 18.0 Å². The first-order valence-corrected chi connectivity index (χ1v) is 6.10. The van der Waals surface area contributed by atoms with Gasteiger partial charge in [-0.2, -0.15) is 10.2 Å². The van der Waals surface area contributed by atoms with Crippen molar-refractivity contribution in [3.05, 3.63) is 16.5 Å². The Labute approximate surface area is 111 Å². The molecule has 17 heavy (non-hydrogen) atoms. The van der Waals surface area contributed by atoms with Gasteiger partial charge in [0.25, 0.3) is 0 Å². The van der Waals surface area contributed by atoms with E-state index in [-0.39, 0.29) is 5.28 Å². The normalized spacial score (nSPS) is 10.4. The minimum atomic E-state index is 0.162. The molecule has 6 heteroatoms. The van der Waals surface area contributed by atoms with E-state index in [1.807, 2.05) is 4.90 Å². The number of halogens is 2. The van der Waals surface area contributed by atoms with Crippen LogP contribution >= 0.6 is 23.2 Å². The maximum absolute atomic E-state index is 8.65. The summed E-state index contributed by atoms with van der Waals surface area (Å²) >= 11 is 11.8. The maximum atomic E-state index is 8.65. The van der Waals surface area contributed by atoms with Crippen molar-refractivity contribution in [2.24, 2.45) is 5.92 Å². The SMILES string of the molecule is CC(C)CN(CCC#N)c1nc(Cl)ncc1Cl. The molecule has 1 aromatic heterocycles. The van der Waals surface area contributed by atoms with Gasteiger partial charge in [-0.1, -0.05) is 25.4 Å². The van der Waals surface area contributed by atoms with E-state index in [1.54, 1.807) is 0 Å². The molecule has 0 saturated carbocycles. The fourth-order valence-corrected chi connectivity index (χ4v) is 1.81. The largest absolute Gasteiger partial charge is 0.354 e. The van der Waals surface area contributed by atoms with Gasteiger partial charge in [0, 0.05) is 13.1 Å². The van der Waals surface area contributed by atoms with E-state index in [2.05, 4.69) is 29.9 Å². The predicted molar refractivity (Wildman–Crippen MR) is 69.3 cm³/mol. The molecule has 0 fully saturated rings. The van der Waals surface area contributed by atoms with Crippen LogP contribution in [-0.4, -0.2) is 23.1 Å². The third-order valence-electron chi connectivity index (χ3n) is 2.07. The zero-order chi connectivity index (χ0) is 12.8. The van der Waals surface area contributed by atoms with Gasteiger partial charge in [-0.05, 0) is 17.5 Å². The molecule has 0 spiro atoms. The summed E-state index contributed by atoms with van der Waals surface area (Å²) in [5.41, 5.74) is 0. The first-order valence-electron chi connectivity index (χ1n) is 5.34. The lowest BCUT2D eigenvalue weighted by Crippen LogP contribution is -2.29. The number of hydrogen-bond donors (Lipinski definition) is 0. The van der Waals surface area contributed by atoms with E-state index in [0.717, 1.165) is 6.54 Å². The lowest BCUT2D eigenvalue weighted by Gasteiger charge is -2.25. The predicted octanol–water partition coefficient (Wildman–Crippen LogP) is 3.16. The van der Waals surface area contributed by atoms with Gasteiger partial charge in [-0.25, -0.2) is 4.98 Å². The molecule has 92 valence electrons. The average Bonchev–Trinajstić information content (AvgIpc) is 2.27. The molecule has 0 amide bonds. The smallest absolute Gasteiger partial charge is 0.224 e. The van der Waals surface area contributed by atoms with Crippen LogP contribution in [0.15, 0.2) is 6.20 Å². The van der Waals surface area contributed by atoms with Gasteiger partial charge in [-0.3, -0.25) is 0 Å². The summed E-state index contributed by atoms with van der Waals surface area (Å²) in [5.74, 6) is 1.04. The van der Waals surface area contributed by atoms with Gasteiger partial charge in [0.1, 0.15) is 5.02 Å². The number of anilines is 1. The quantitative estimate of drug-likeness (QED) is 0.773. The fourth-order valence-electron chi connectivity index (χ4n) is 1.47. The monoisotopic (exact) mass is 272 g/mol. The van der Waals surface area contributed by atoms with Gasteiger partial charge >= 0.3 is 0 Å². The van der Waals surface area contributed by atoms with E-state index < -0.39 is 0 Å². The van der Waals surface area contributed by atoms with Crippen molar-refractivity contribution in [1.29, 1.82) is 5.26 Å². The summed E-state index contributed by atoms with van der Waals surface area (Å²) in [5, 5.41) is 9.27. The number of hydrogen-bond acceptors (Lipinski definition) is 4. The van der Waals surface area contributed by atoms with Gasteiger partial charge in [0.15, 0.2) is 5.82 Å². The molecule has 0 N–H and O–H groups in total. The summed E-state index contributed by atoms with van der Waals surface area (Å²) in [6, 6.07) is 2.11. The third kappa shape index (κ3) is 4.37. The highest BCUT2D eigenvalue weighted by molar-refractivity contribution is 6.33. The molecular formula is C11H14Cl2N4. The zero-order valence-corrected chi connectivity index (χ0v) is 11.3. The fraction of sp³-hybridized carbons (Fsp3) is 0.545. The van der Waals surface area contributed by atoms with Crippen molar-refractivity contribution in [2.45, 2.75) is 20.3 Å². The molecule has 0 aliphatic carbocycles. The van der Waals surface area contributed by atoms with E-state index in [4.69, 9.17) is 28.5 Å². The van der Waals surface area contributed by atoms with Crippen molar-refractivity contribution in [1.82, 2.24) is 9.97 Å². The molecule has 0 aliphatic heterocycles. The summed E-state index contributed by atoms with van der Waals surface area (Å²) in [6.45, 7) is 5.54. The Morgan fingerprint density at radius 2 is 2.18 bits per heavy atom. The molecular weight excluding hydrogens is 259 g/mol. The first kappa shape index (κ1) is 14.0. The van der Waals surface area contributed by atoms with Crippen LogP contribution in [0.1, 0.15) is 20.3 Å². The van der Waals surface area contributed by atoms with Crippen molar-refractivity contribution < 1.29 is 0 Å². The minimum Gasteiger partial charge on any atom is -0.354 e.